The summed E-state index contributed by atoms with van der Waals surface area (Å²) in [6.45, 7) is 0.812. The fourth-order valence-electron chi connectivity index (χ4n) is 1.50. The average Bonchev–Trinajstić information content (AvgIpc) is 2.88. The lowest BCUT2D eigenvalue weighted by molar-refractivity contribution is 0.0929. The molecule has 0 bridgehead atoms. The Morgan fingerprint density at radius 1 is 1.28 bits per heavy atom. The molecule has 5 heteroatoms. The van der Waals surface area contributed by atoms with Gasteiger partial charge in [-0.1, -0.05) is 30.3 Å². The van der Waals surface area contributed by atoms with Crippen LogP contribution >= 0.6 is 0 Å². The Hall–Kier alpha value is -2.11. The minimum Gasteiger partial charge on any atom is -0.466 e. The Balaban J connectivity index is 1.84. The number of hydrogen-bond donors (Lipinski definition) is 2. The van der Waals surface area contributed by atoms with Gasteiger partial charge in [0.15, 0.2) is 0 Å². The quantitative estimate of drug-likeness (QED) is 0.477. The molecule has 0 fully saturated rings. The van der Waals surface area contributed by atoms with Crippen LogP contribution in [0.1, 0.15) is 21.7 Å². The number of nitrogens with one attached hydrogen (secondary N) is 1. The summed E-state index contributed by atoms with van der Waals surface area (Å²) in [4.78, 5) is 11.2. The fourth-order valence-corrected chi connectivity index (χ4v) is 1.50. The predicted octanol–water partition coefficient (Wildman–Crippen LogP) is 1.60. The molecular weight excluding hydrogens is 232 g/mol. The van der Waals surface area contributed by atoms with Crippen molar-refractivity contribution < 1.29 is 13.9 Å². The van der Waals surface area contributed by atoms with Crippen LogP contribution in [0.5, 0.6) is 0 Å². The molecule has 2 rings (SSSR count). The monoisotopic (exact) mass is 246 g/mol. The van der Waals surface area contributed by atoms with Crippen LogP contribution in [0, 0.1) is 0 Å². The Labute approximate surface area is 105 Å². The second-order valence-corrected chi connectivity index (χ2v) is 3.75. The summed E-state index contributed by atoms with van der Waals surface area (Å²) in [5, 5.41) is 0. The van der Waals surface area contributed by atoms with Gasteiger partial charge in [0, 0.05) is 0 Å². The van der Waals surface area contributed by atoms with Crippen molar-refractivity contribution in [1.29, 1.82) is 0 Å². The molecule has 0 atom stereocenters. The number of nitrogen functional groups attached to an aromatic ring is 1. The molecule has 0 saturated carbocycles. The van der Waals surface area contributed by atoms with Crippen molar-refractivity contribution >= 4 is 5.91 Å². The molecule has 18 heavy (non-hydrogen) atoms. The molecule has 0 spiro atoms. The molecule has 1 aromatic carbocycles. The van der Waals surface area contributed by atoms with Gasteiger partial charge in [-0.15, -0.1) is 0 Å². The van der Waals surface area contributed by atoms with E-state index in [4.69, 9.17) is 15.0 Å². The molecule has 0 aliphatic carbocycles. The second kappa shape index (κ2) is 6.00. The summed E-state index contributed by atoms with van der Waals surface area (Å²) in [5.41, 5.74) is 3.51. The lowest BCUT2D eigenvalue weighted by atomic mass is 10.2. The minimum absolute atomic E-state index is 0.312. The van der Waals surface area contributed by atoms with Gasteiger partial charge in [-0.25, -0.2) is 5.84 Å². The zero-order chi connectivity index (χ0) is 12.8. The van der Waals surface area contributed by atoms with E-state index in [9.17, 15) is 4.79 Å². The molecule has 1 heterocycles. The summed E-state index contributed by atoms with van der Waals surface area (Å²) in [6, 6.07) is 11.4. The molecule has 1 aromatic heterocycles. The highest BCUT2D eigenvalue weighted by Crippen LogP contribution is 2.10. The Morgan fingerprint density at radius 2 is 2.06 bits per heavy atom. The maximum absolute atomic E-state index is 11.2. The number of furan rings is 1. The van der Waals surface area contributed by atoms with Gasteiger partial charge >= 0.3 is 0 Å². The Morgan fingerprint density at radius 3 is 2.78 bits per heavy atom. The topological polar surface area (TPSA) is 77.5 Å². The van der Waals surface area contributed by atoms with Gasteiger partial charge in [0.25, 0.3) is 5.91 Å². The van der Waals surface area contributed by atoms with Gasteiger partial charge in [0.2, 0.25) is 0 Å². The van der Waals surface area contributed by atoms with Crippen LogP contribution in [0.25, 0.3) is 0 Å². The SMILES string of the molecule is NNC(=O)c1coc(COCc2ccccc2)c1. The van der Waals surface area contributed by atoms with Crippen molar-refractivity contribution in [2.45, 2.75) is 13.2 Å². The van der Waals surface area contributed by atoms with Crippen molar-refractivity contribution in [3.05, 3.63) is 59.5 Å². The van der Waals surface area contributed by atoms with Gasteiger partial charge in [0.05, 0.1) is 12.2 Å². The Kier molecular flexibility index (Phi) is 4.11. The third kappa shape index (κ3) is 3.19. The standard InChI is InChI=1S/C13H14N2O3/c14-15-13(16)11-6-12(18-8-11)9-17-7-10-4-2-1-3-5-10/h1-6,8H,7,9,14H2,(H,15,16). The highest BCUT2D eigenvalue weighted by molar-refractivity contribution is 5.93. The molecular formula is C13H14N2O3. The van der Waals surface area contributed by atoms with Crippen LogP contribution < -0.4 is 11.3 Å². The minimum atomic E-state index is -0.381. The molecule has 94 valence electrons. The Bertz CT molecular complexity index is 508. The third-order valence-corrected chi connectivity index (χ3v) is 2.40. The van der Waals surface area contributed by atoms with Crippen LogP contribution in [0.3, 0.4) is 0 Å². The van der Waals surface area contributed by atoms with E-state index >= 15 is 0 Å². The number of carbonyl (C=O) groups excluding carboxylic acids is 1. The predicted molar refractivity (Wildman–Crippen MR) is 65.3 cm³/mol. The van der Waals surface area contributed by atoms with Crippen LogP contribution in [-0.4, -0.2) is 5.91 Å². The first kappa shape index (κ1) is 12.3. The largest absolute Gasteiger partial charge is 0.466 e. The van der Waals surface area contributed by atoms with E-state index < -0.39 is 0 Å². The zero-order valence-electron chi connectivity index (χ0n) is 9.76. The smallest absolute Gasteiger partial charge is 0.268 e. The van der Waals surface area contributed by atoms with Gasteiger partial charge in [-0.05, 0) is 11.6 Å². The van der Waals surface area contributed by atoms with Gasteiger partial charge < -0.3 is 9.15 Å². The van der Waals surface area contributed by atoms with Crippen LogP contribution in [0.4, 0.5) is 0 Å². The summed E-state index contributed by atoms with van der Waals surface area (Å²) < 4.78 is 10.7. The second-order valence-electron chi connectivity index (χ2n) is 3.75. The summed E-state index contributed by atoms with van der Waals surface area (Å²) in [7, 11) is 0. The van der Waals surface area contributed by atoms with Crippen molar-refractivity contribution in [2.75, 3.05) is 0 Å². The van der Waals surface area contributed by atoms with Crippen molar-refractivity contribution in [1.82, 2.24) is 5.43 Å². The van der Waals surface area contributed by atoms with Gasteiger partial charge in [-0.2, -0.15) is 0 Å². The van der Waals surface area contributed by atoms with Crippen molar-refractivity contribution in [3.63, 3.8) is 0 Å². The maximum Gasteiger partial charge on any atom is 0.268 e. The number of amides is 1. The highest BCUT2D eigenvalue weighted by atomic mass is 16.5. The van der Waals surface area contributed by atoms with E-state index in [1.165, 1.54) is 6.26 Å². The molecule has 0 saturated heterocycles. The van der Waals surface area contributed by atoms with E-state index in [0.29, 0.717) is 24.5 Å². The summed E-state index contributed by atoms with van der Waals surface area (Å²) in [5.74, 6) is 5.22. The van der Waals surface area contributed by atoms with E-state index in [1.807, 2.05) is 35.8 Å². The van der Waals surface area contributed by atoms with Gasteiger partial charge in [-0.3, -0.25) is 10.2 Å². The van der Waals surface area contributed by atoms with Crippen molar-refractivity contribution in [3.8, 4) is 0 Å². The molecule has 0 radical (unpaired) electrons. The number of benzene rings is 1. The molecule has 0 aliphatic heterocycles. The first-order valence-corrected chi connectivity index (χ1v) is 5.49. The lowest BCUT2D eigenvalue weighted by Crippen LogP contribution is -2.29. The third-order valence-electron chi connectivity index (χ3n) is 2.40. The summed E-state index contributed by atoms with van der Waals surface area (Å²) >= 11 is 0. The van der Waals surface area contributed by atoms with Crippen LogP contribution in [0.2, 0.25) is 0 Å². The van der Waals surface area contributed by atoms with Crippen LogP contribution in [0.15, 0.2) is 47.1 Å². The van der Waals surface area contributed by atoms with E-state index in [0.717, 1.165) is 5.56 Å². The summed E-state index contributed by atoms with van der Waals surface area (Å²) in [6.07, 6.45) is 1.35. The molecule has 0 unspecified atom stereocenters. The van der Waals surface area contributed by atoms with E-state index in [2.05, 4.69) is 0 Å². The van der Waals surface area contributed by atoms with E-state index in [1.54, 1.807) is 6.07 Å². The first-order valence-electron chi connectivity index (χ1n) is 5.49. The normalized spacial score (nSPS) is 10.3. The number of carbonyl (C=O) groups is 1. The van der Waals surface area contributed by atoms with Gasteiger partial charge in [0.1, 0.15) is 18.6 Å². The zero-order valence-corrected chi connectivity index (χ0v) is 9.76. The van der Waals surface area contributed by atoms with E-state index in [-0.39, 0.29) is 5.91 Å². The fraction of sp³-hybridized carbons (Fsp3) is 0.154. The number of nitrogens with two attached hydrogens (primary N) is 1. The average molecular weight is 246 g/mol. The number of rotatable bonds is 5. The number of hydrazine groups is 1. The molecule has 0 aliphatic rings. The van der Waals surface area contributed by atoms with Crippen molar-refractivity contribution in [2.24, 2.45) is 5.84 Å². The lowest BCUT2D eigenvalue weighted by Gasteiger charge is -2.01. The molecule has 2 aromatic rings. The number of hydrogen-bond acceptors (Lipinski definition) is 4. The highest BCUT2D eigenvalue weighted by Gasteiger charge is 2.08. The van der Waals surface area contributed by atoms with Crippen LogP contribution in [-0.2, 0) is 18.0 Å². The first-order chi connectivity index (χ1) is 8.79. The molecule has 3 N–H and O–H groups in total. The molecule has 1 amide bonds. The maximum atomic E-state index is 11.2. The molecule has 5 nitrogen and oxygen atoms in total. The number of ether oxygens (including phenoxy) is 1.